The molecule has 1 aromatic carbocycles. The Labute approximate surface area is 117 Å². The molecule has 0 radical (unpaired) electrons. The molecule has 20 heavy (non-hydrogen) atoms. The van der Waals surface area contributed by atoms with E-state index >= 15 is 0 Å². The van der Waals surface area contributed by atoms with Gasteiger partial charge < -0.3 is 19.7 Å². The standard InChI is InChI=1S/C14H16BNO4/c17-8-14-4-9(5-14)6-16(14)13(18)10-1-2-12-11(3-10)7-20-15(12)19/h1-3,9,17,19H,4-8H2. The molecular formula is C14H16BNO4. The summed E-state index contributed by atoms with van der Waals surface area (Å²) in [5.74, 6) is 0.522. The highest BCUT2D eigenvalue weighted by atomic mass is 16.5. The van der Waals surface area contributed by atoms with Crippen molar-refractivity contribution in [2.75, 3.05) is 13.2 Å². The normalized spacial score (nSPS) is 30.4. The Morgan fingerprint density at radius 3 is 3.05 bits per heavy atom. The molecule has 3 fully saturated rings. The Morgan fingerprint density at radius 1 is 1.50 bits per heavy atom. The lowest BCUT2D eigenvalue weighted by Crippen LogP contribution is -2.51. The van der Waals surface area contributed by atoms with Gasteiger partial charge in [0.15, 0.2) is 0 Å². The summed E-state index contributed by atoms with van der Waals surface area (Å²) in [6, 6.07) is 5.29. The molecule has 5 nitrogen and oxygen atoms in total. The number of amides is 1. The van der Waals surface area contributed by atoms with Gasteiger partial charge in [0.25, 0.3) is 5.91 Å². The van der Waals surface area contributed by atoms with Gasteiger partial charge in [-0.25, -0.2) is 0 Å². The van der Waals surface area contributed by atoms with Crippen molar-refractivity contribution >= 4 is 18.5 Å². The van der Waals surface area contributed by atoms with Crippen LogP contribution >= 0.6 is 0 Å². The van der Waals surface area contributed by atoms with Crippen LogP contribution in [0.3, 0.4) is 0 Å². The van der Waals surface area contributed by atoms with Crippen molar-refractivity contribution < 1.29 is 19.6 Å². The number of nitrogens with zero attached hydrogens (tertiary/aromatic N) is 1. The van der Waals surface area contributed by atoms with Gasteiger partial charge in [-0.2, -0.15) is 0 Å². The number of rotatable bonds is 2. The highest BCUT2D eigenvalue weighted by Crippen LogP contribution is 2.50. The quantitative estimate of drug-likeness (QED) is 0.713. The average molecular weight is 273 g/mol. The molecule has 1 aromatic rings. The SMILES string of the molecule is O=C(c1ccc2c(c1)COB2O)N1CC2CC1(CO)C2. The fourth-order valence-electron chi connectivity index (χ4n) is 3.85. The number of hydrogen-bond donors (Lipinski definition) is 2. The molecule has 1 aliphatic carbocycles. The molecule has 2 N–H and O–H groups in total. The molecular weight excluding hydrogens is 257 g/mol. The Morgan fingerprint density at radius 2 is 2.30 bits per heavy atom. The van der Waals surface area contributed by atoms with Crippen LogP contribution in [-0.4, -0.2) is 46.7 Å². The van der Waals surface area contributed by atoms with E-state index in [1.54, 1.807) is 18.2 Å². The number of carbonyl (C=O) groups excluding carboxylic acids is 1. The van der Waals surface area contributed by atoms with Crippen molar-refractivity contribution in [1.29, 1.82) is 0 Å². The molecule has 0 spiro atoms. The first-order chi connectivity index (χ1) is 9.63. The van der Waals surface area contributed by atoms with E-state index < -0.39 is 7.12 Å². The Kier molecular flexibility index (Phi) is 2.52. The molecule has 1 amide bonds. The van der Waals surface area contributed by atoms with Gasteiger partial charge >= 0.3 is 7.12 Å². The third kappa shape index (κ3) is 1.53. The number of carbonyl (C=O) groups is 1. The predicted molar refractivity (Wildman–Crippen MR) is 72.4 cm³/mol. The van der Waals surface area contributed by atoms with Crippen molar-refractivity contribution in [2.45, 2.75) is 25.0 Å². The highest BCUT2D eigenvalue weighted by molar-refractivity contribution is 6.61. The van der Waals surface area contributed by atoms with Gasteiger partial charge in [-0.3, -0.25) is 4.79 Å². The van der Waals surface area contributed by atoms with Crippen molar-refractivity contribution in [1.82, 2.24) is 4.90 Å². The zero-order valence-electron chi connectivity index (χ0n) is 11.1. The van der Waals surface area contributed by atoms with Gasteiger partial charge in [0, 0.05) is 12.1 Å². The minimum atomic E-state index is -0.877. The molecule has 5 rings (SSSR count). The molecule has 4 aliphatic rings. The monoisotopic (exact) mass is 273 g/mol. The zero-order chi connectivity index (χ0) is 13.9. The summed E-state index contributed by atoms with van der Waals surface area (Å²) >= 11 is 0. The molecule has 1 saturated carbocycles. The van der Waals surface area contributed by atoms with Crippen LogP contribution in [0.15, 0.2) is 18.2 Å². The molecule has 6 heteroatoms. The topological polar surface area (TPSA) is 70.0 Å². The third-order valence-corrected chi connectivity index (χ3v) is 4.94. The third-order valence-electron chi connectivity index (χ3n) is 4.94. The highest BCUT2D eigenvalue weighted by Gasteiger charge is 2.57. The van der Waals surface area contributed by atoms with Crippen LogP contribution in [0.1, 0.15) is 28.8 Å². The number of fused-ring (bicyclic) bond motifs is 2. The number of benzene rings is 1. The van der Waals surface area contributed by atoms with E-state index in [1.165, 1.54) is 0 Å². The lowest BCUT2D eigenvalue weighted by Gasteiger charge is -2.40. The molecule has 0 unspecified atom stereocenters. The summed E-state index contributed by atoms with van der Waals surface area (Å²) in [5.41, 5.74) is 1.90. The zero-order valence-corrected chi connectivity index (χ0v) is 11.1. The first-order valence-corrected chi connectivity index (χ1v) is 6.98. The van der Waals surface area contributed by atoms with E-state index in [9.17, 15) is 14.9 Å². The van der Waals surface area contributed by atoms with Gasteiger partial charge in [-0.1, -0.05) is 6.07 Å². The smallest absolute Gasteiger partial charge is 0.423 e. The second kappa shape index (κ2) is 4.07. The van der Waals surface area contributed by atoms with E-state index in [1.807, 2.05) is 4.90 Å². The first-order valence-electron chi connectivity index (χ1n) is 6.98. The van der Waals surface area contributed by atoms with Crippen molar-refractivity contribution in [3.63, 3.8) is 0 Å². The van der Waals surface area contributed by atoms with Gasteiger partial charge in [0.2, 0.25) is 0 Å². The average Bonchev–Trinajstić information content (AvgIpc) is 3.08. The van der Waals surface area contributed by atoms with Crippen LogP contribution in [0.5, 0.6) is 0 Å². The Balaban J connectivity index is 1.64. The van der Waals surface area contributed by atoms with Crippen LogP contribution in [0, 0.1) is 5.92 Å². The Hall–Kier alpha value is -1.37. The van der Waals surface area contributed by atoms with E-state index in [2.05, 4.69) is 0 Å². The van der Waals surface area contributed by atoms with Crippen LogP contribution in [0.4, 0.5) is 0 Å². The van der Waals surface area contributed by atoms with Crippen LogP contribution in [-0.2, 0) is 11.3 Å². The molecule has 2 bridgehead atoms. The van der Waals surface area contributed by atoms with E-state index in [0.717, 1.165) is 30.4 Å². The number of hydrogen-bond acceptors (Lipinski definition) is 4. The summed E-state index contributed by atoms with van der Waals surface area (Å²) in [7, 11) is -0.877. The minimum absolute atomic E-state index is 0.0248. The fourth-order valence-corrected chi connectivity index (χ4v) is 3.85. The summed E-state index contributed by atoms with van der Waals surface area (Å²) < 4.78 is 5.14. The van der Waals surface area contributed by atoms with Gasteiger partial charge in [0.05, 0.1) is 18.8 Å². The fraction of sp³-hybridized carbons (Fsp3) is 0.500. The Bertz CT molecular complexity index is 585. The lowest BCUT2D eigenvalue weighted by molar-refractivity contribution is 0.0298. The maximum atomic E-state index is 12.6. The van der Waals surface area contributed by atoms with Crippen molar-refractivity contribution in [3.05, 3.63) is 29.3 Å². The summed E-state index contributed by atoms with van der Waals surface area (Å²) in [6.45, 7) is 1.13. The number of aliphatic hydroxyl groups is 1. The largest absolute Gasteiger partial charge is 0.491 e. The molecule has 104 valence electrons. The molecule has 0 atom stereocenters. The van der Waals surface area contributed by atoms with E-state index in [4.69, 9.17) is 4.65 Å². The minimum Gasteiger partial charge on any atom is -0.423 e. The van der Waals surface area contributed by atoms with Crippen LogP contribution in [0.2, 0.25) is 0 Å². The maximum Gasteiger partial charge on any atom is 0.491 e. The predicted octanol–water partition coefficient (Wildman–Crippen LogP) is -0.499. The lowest BCUT2D eigenvalue weighted by atomic mass is 9.74. The molecule has 0 aromatic heterocycles. The number of aliphatic hydroxyl groups excluding tert-OH is 1. The summed E-state index contributed by atoms with van der Waals surface area (Å²) in [5, 5.41) is 19.2. The van der Waals surface area contributed by atoms with Crippen molar-refractivity contribution in [3.8, 4) is 0 Å². The van der Waals surface area contributed by atoms with E-state index in [0.29, 0.717) is 18.1 Å². The van der Waals surface area contributed by atoms with Crippen LogP contribution in [0.25, 0.3) is 0 Å². The first kappa shape index (κ1) is 12.4. The van der Waals surface area contributed by atoms with Gasteiger partial charge in [-0.05, 0) is 41.9 Å². The molecule has 3 heterocycles. The summed E-state index contributed by atoms with van der Waals surface area (Å²) in [6.07, 6.45) is 1.84. The van der Waals surface area contributed by atoms with Crippen molar-refractivity contribution in [2.24, 2.45) is 5.92 Å². The summed E-state index contributed by atoms with van der Waals surface area (Å²) in [4.78, 5) is 14.5. The van der Waals surface area contributed by atoms with E-state index in [-0.39, 0.29) is 18.1 Å². The molecule has 3 aliphatic heterocycles. The second-order valence-corrected chi connectivity index (χ2v) is 6.15. The van der Waals surface area contributed by atoms with Crippen LogP contribution < -0.4 is 5.46 Å². The maximum absolute atomic E-state index is 12.6. The second-order valence-electron chi connectivity index (χ2n) is 6.15. The van der Waals surface area contributed by atoms with Gasteiger partial charge in [0.1, 0.15) is 0 Å². The molecule has 2 saturated heterocycles. The van der Waals surface area contributed by atoms with Gasteiger partial charge in [-0.15, -0.1) is 0 Å².